The first-order valence-electron chi connectivity index (χ1n) is 0.651. The molecule has 0 aliphatic rings. The molecular weight excluding hydrogens is 124 g/mol. The third-order valence-corrected chi connectivity index (χ3v) is 0. The summed E-state index contributed by atoms with van der Waals surface area (Å²) in [5.41, 5.74) is 0. The predicted molar refractivity (Wildman–Crippen MR) is 16.5 cm³/mol. The Morgan fingerprint density at radius 1 is 1.40 bits per heavy atom. The van der Waals surface area contributed by atoms with Crippen LogP contribution >= 0.6 is 0 Å². The van der Waals surface area contributed by atoms with Crippen molar-refractivity contribution in [3.8, 4) is 0 Å². The normalized spacial score (nSPS) is 5.20. The molecule has 0 aromatic heterocycles. The van der Waals surface area contributed by atoms with Gasteiger partial charge in [-0.3, -0.25) is 0 Å². The van der Waals surface area contributed by atoms with Gasteiger partial charge in [0.15, 0.2) is 0 Å². The standard InChI is InChI=1S/2H2O.O.H4Si.Ti/h2*1H2;;1H4;/q;;;;+2/p-2. The second-order valence-corrected chi connectivity index (χ2v) is 1.17. The van der Waals surface area contributed by atoms with Gasteiger partial charge in [0.2, 0.25) is 0 Å². The fraction of sp³-hybridized carbons (Fsp3) is 0. The van der Waals surface area contributed by atoms with Crippen LogP contribution in [0, 0.1) is 0 Å². The number of rotatable bonds is 0. The number of hydrogen-bond acceptors (Lipinski definition) is 1. The zero-order chi connectivity index (χ0) is 3.58. The van der Waals surface area contributed by atoms with E-state index in [4.69, 9.17) is 10.7 Å². The van der Waals surface area contributed by atoms with Crippen molar-refractivity contribution in [3.63, 3.8) is 0 Å². The molecule has 0 saturated carbocycles. The molecule has 32 valence electrons. The molecule has 5 heteroatoms. The summed E-state index contributed by atoms with van der Waals surface area (Å²) in [6.07, 6.45) is 0. The molecule has 0 aromatic carbocycles. The molecule has 0 bridgehead atoms. The molecule has 0 heterocycles. The van der Waals surface area contributed by atoms with Crippen molar-refractivity contribution in [3.05, 3.63) is 0 Å². The van der Waals surface area contributed by atoms with E-state index < -0.39 is 18.6 Å². The molecule has 0 aliphatic heterocycles. The monoisotopic (exact) mass is 130 g/mol. The Morgan fingerprint density at radius 3 is 1.40 bits per heavy atom. The van der Waals surface area contributed by atoms with E-state index in [9.17, 15) is 0 Å². The largest absolute Gasteiger partial charge is 0.0149 e. The van der Waals surface area contributed by atoms with Crippen LogP contribution < -0.4 is 0 Å². The van der Waals surface area contributed by atoms with Crippen LogP contribution in [0.15, 0.2) is 0 Å². The Bertz CT molecular complexity index is 29.9. The van der Waals surface area contributed by atoms with Crippen LogP contribution in [0.4, 0.5) is 0 Å². The van der Waals surface area contributed by atoms with Crippen molar-refractivity contribution in [1.29, 1.82) is 0 Å². The van der Waals surface area contributed by atoms with Crippen LogP contribution in [-0.4, -0.2) is 18.3 Å². The molecule has 0 unspecified atom stereocenters. The van der Waals surface area contributed by atoms with Crippen molar-refractivity contribution < 1.29 is 29.3 Å². The van der Waals surface area contributed by atoms with Crippen LogP contribution in [0.3, 0.4) is 0 Å². The maximum atomic E-state index is 8.81. The fourth-order valence-corrected chi connectivity index (χ4v) is 0. The van der Waals surface area contributed by atoms with Gasteiger partial charge in [0.25, 0.3) is 0 Å². The van der Waals surface area contributed by atoms with Crippen LogP contribution in [-0.2, 0) is 21.9 Å². The first kappa shape index (κ1) is 9.17. The molecule has 0 rings (SSSR count). The molecule has 0 aliphatic carbocycles. The van der Waals surface area contributed by atoms with E-state index in [2.05, 4.69) is 0 Å². The van der Waals surface area contributed by atoms with E-state index in [1.165, 1.54) is 0 Å². The van der Waals surface area contributed by atoms with Gasteiger partial charge in [-0.1, -0.05) is 0 Å². The van der Waals surface area contributed by atoms with Crippen molar-refractivity contribution in [2.24, 2.45) is 0 Å². The zero-order valence-corrected chi connectivity index (χ0v) is 3.36. The van der Waals surface area contributed by atoms with Crippen molar-refractivity contribution >= 4 is 11.0 Å². The molecule has 0 atom stereocenters. The summed E-state index contributed by atoms with van der Waals surface area (Å²) in [6.45, 7) is 0. The third kappa shape index (κ3) is 77.1. The van der Waals surface area contributed by atoms with Crippen LogP contribution in [0.1, 0.15) is 0 Å². The SMILES string of the molecule is [O]=[Ti]([OH])[OH].[SiH4]. The Kier molecular flexibility index (Phi) is 8.53. The Balaban J connectivity index is 0. The van der Waals surface area contributed by atoms with E-state index in [0.29, 0.717) is 0 Å². The molecule has 3 nitrogen and oxygen atoms in total. The van der Waals surface area contributed by atoms with Crippen molar-refractivity contribution in [2.75, 3.05) is 0 Å². The molecule has 0 saturated heterocycles. The van der Waals surface area contributed by atoms with Crippen molar-refractivity contribution in [1.82, 2.24) is 0 Å². The fourth-order valence-electron chi connectivity index (χ4n) is 0. The molecule has 5 heavy (non-hydrogen) atoms. The van der Waals surface area contributed by atoms with Gasteiger partial charge in [-0.25, -0.2) is 0 Å². The van der Waals surface area contributed by atoms with E-state index in [1.54, 1.807) is 0 Å². The zero-order valence-electron chi connectivity index (χ0n) is 1.80. The van der Waals surface area contributed by atoms with Crippen LogP contribution in [0.25, 0.3) is 0 Å². The van der Waals surface area contributed by atoms with E-state index in [1.807, 2.05) is 0 Å². The van der Waals surface area contributed by atoms with Crippen molar-refractivity contribution in [2.45, 2.75) is 0 Å². The summed E-state index contributed by atoms with van der Waals surface area (Å²) >= 11 is -3.58. The topological polar surface area (TPSA) is 57.5 Å². The van der Waals surface area contributed by atoms with Crippen LogP contribution in [0.2, 0.25) is 0 Å². The molecular formula is H6O3SiTi. The molecule has 0 fully saturated rings. The Labute approximate surface area is 40.8 Å². The first-order valence-corrected chi connectivity index (χ1v) is 2.69. The summed E-state index contributed by atoms with van der Waals surface area (Å²) in [5.74, 6) is 0. The Morgan fingerprint density at radius 2 is 1.40 bits per heavy atom. The summed E-state index contributed by atoms with van der Waals surface area (Å²) in [6, 6.07) is 0. The van der Waals surface area contributed by atoms with Gasteiger partial charge in [-0.2, -0.15) is 0 Å². The van der Waals surface area contributed by atoms with Gasteiger partial charge in [0, 0.05) is 0 Å². The molecule has 0 amide bonds. The first-order chi connectivity index (χ1) is 1.73. The summed E-state index contributed by atoms with van der Waals surface area (Å²) in [7, 11) is 0. The molecule has 2 N–H and O–H groups in total. The van der Waals surface area contributed by atoms with E-state index in [-0.39, 0.29) is 11.0 Å². The summed E-state index contributed by atoms with van der Waals surface area (Å²) in [5, 5.41) is 0. The minimum absolute atomic E-state index is 0. The van der Waals surface area contributed by atoms with E-state index in [0.717, 1.165) is 0 Å². The maximum absolute atomic E-state index is 8.81. The summed E-state index contributed by atoms with van der Waals surface area (Å²) in [4.78, 5) is 0. The van der Waals surface area contributed by atoms with Gasteiger partial charge >= 0.3 is 29.3 Å². The second-order valence-electron chi connectivity index (χ2n) is 0.283. The average molecular weight is 130 g/mol. The van der Waals surface area contributed by atoms with Gasteiger partial charge in [0.05, 0.1) is 0 Å². The van der Waals surface area contributed by atoms with Gasteiger partial charge in [-0.15, -0.1) is 0 Å². The minimum atomic E-state index is -3.58. The molecule has 0 radical (unpaired) electrons. The van der Waals surface area contributed by atoms with E-state index >= 15 is 0 Å². The third-order valence-electron chi connectivity index (χ3n) is 0. The molecule has 0 spiro atoms. The Hall–Kier alpha value is 0.651. The van der Waals surface area contributed by atoms with Crippen LogP contribution in [0.5, 0.6) is 0 Å². The van der Waals surface area contributed by atoms with Gasteiger partial charge in [-0.05, 0) is 11.0 Å². The quantitative estimate of drug-likeness (QED) is 0.351. The maximum Gasteiger partial charge on any atom is -0.0149 e. The second kappa shape index (κ2) is 4.65. The van der Waals surface area contributed by atoms with Gasteiger partial charge < -0.3 is 0 Å². The average Bonchev–Trinajstić information content (AvgIpc) is 0.811. The smallest absolute Gasteiger partial charge is 0.0149 e. The number of hydrogen-bond donors (Lipinski definition) is 2. The summed E-state index contributed by atoms with van der Waals surface area (Å²) < 4.78 is 23.2. The molecule has 0 aromatic rings. The minimum Gasteiger partial charge on any atom is -0.0149 e. The van der Waals surface area contributed by atoms with Gasteiger partial charge in [0.1, 0.15) is 0 Å². The predicted octanol–water partition coefficient (Wildman–Crippen LogP) is -2.69.